The predicted octanol–water partition coefficient (Wildman–Crippen LogP) is 3.67. The van der Waals surface area contributed by atoms with Crippen molar-refractivity contribution in [1.82, 2.24) is 0 Å². The standard InChI is InChI=1S/C10H11BrS/c11-10-3-1-8(2-4-10)9-5-6-12-7-9/h1-4,9H,5-7H2. The van der Waals surface area contributed by atoms with Crippen molar-refractivity contribution in [2.45, 2.75) is 12.3 Å². The van der Waals surface area contributed by atoms with E-state index in [2.05, 4.69) is 52.0 Å². The first-order valence-electron chi connectivity index (χ1n) is 4.19. The van der Waals surface area contributed by atoms with E-state index in [1.807, 2.05) is 0 Å². The fraction of sp³-hybridized carbons (Fsp3) is 0.400. The van der Waals surface area contributed by atoms with E-state index in [1.54, 1.807) is 0 Å². The van der Waals surface area contributed by atoms with Crippen LogP contribution in [0.15, 0.2) is 28.7 Å². The van der Waals surface area contributed by atoms with Crippen LogP contribution in [0.3, 0.4) is 0 Å². The Balaban J connectivity index is 2.17. The van der Waals surface area contributed by atoms with Gasteiger partial charge in [0.15, 0.2) is 0 Å². The van der Waals surface area contributed by atoms with E-state index >= 15 is 0 Å². The van der Waals surface area contributed by atoms with Crippen LogP contribution in [0.25, 0.3) is 0 Å². The SMILES string of the molecule is Brc1ccc(C2CCSC2)cc1. The molecule has 1 saturated heterocycles. The van der Waals surface area contributed by atoms with Crippen LogP contribution in [0.1, 0.15) is 17.9 Å². The highest BCUT2D eigenvalue weighted by Crippen LogP contribution is 2.32. The van der Waals surface area contributed by atoms with Crippen molar-refractivity contribution in [2.24, 2.45) is 0 Å². The Bertz CT molecular complexity index is 249. The van der Waals surface area contributed by atoms with Gasteiger partial charge in [-0.1, -0.05) is 28.1 Å². The molecule has 0 bridgehead atoms. The van der Waals surface area contributed by atoms with Crippen molar-refractivity contribution in [1.29, 1.82) is 0 Å². The number of halogens is 1. The van der Waals surface area contributed by atoms with Gasteiger partial charge in [0.05, 0.1) is 0 Å². The largest absolute Gasteiger partial charge is 0.161 e. The van der Waals surface area contributed by atoms with Crippen molar-refractivity contribution in [3.8, 4) is 0 Å². The molecule has 1 fully saturated rings. The maximum Gasteiger partial charge on any atom is 0.0175 e. The molecule has 0 nitrogen and oxygen atoms in total. The van der Waals surface area contributed by atoms with Crippen molar-refractivity contribution in [2.75, 3.05) is 11.5 Å². The van der Waals surface area contributed by atoms with Crippen LogP contribution in [0, 0.1) is 0 Å². The van der Waals surface area contributed by atoms with E-state index in [9.17, 15) is 0 Å². The molecule has 1 aromatic carbocycles. The lowest BCUT2D eigenvalue weighted by atomic mass is 9.99. The Labute approximate surface area is 85.9 Å². The molecule has 1 aliphatic rings. The molecule has 0 saturated carbocycles. The van der Waals surface area contributed by atoms with Crippen molar-refractivity contribution in [3.05, 3.63) is 34.3 Å². The second-order valence-electron chi connectivity index (χ2n) is 3.11. The zero-order valence-electron chi connectivity index (χ0n) is 6.79. The van der Waals surface area contributed by atoms with Gasteiger partial charge >= 0.3 is 0 Å². The average Bonchev–Trinajstić information content (AvgIpc) is 2.58. The monoisotopic (exact) mass is 242 g/mol. The molecule has 12 heavy (non-hydrogen) atoms. The molecule has 1 aliphatic heterocycles. The smallest absolute Gasteiger partial charge is 0.0175 e. The first kappa shape index (κ1) is 8.64. The van der Waals surface area contributed by atoms with Gasteiger partial charge in [-0.3, -0.25) is 0 Å². The van der Waals surface area contributed by atoms with Crippen LogP contribution in [0.2, 0.25) is 0 Å². The van der Waals surface area contributed by atoms with Crippen LogP contribution in [-0.4, -0.2) is 11.5 Å². The molecular formula is C10H11BrS. The van der Waals surface area contributed by atoms with Crippen LogP contribution in [0.4, 0.5) is 0 Å². The Morgan fingerprint density at radius 3 is 2.58 bits per heavy atom. The minimum atomic E-state index is 0.808. The number of rotatable bonds is 1. The van der Waals surface area contributed by atoms with E-state index < -0.39 is 0 Å². The zero-order chi connectivity index (χ0) is 8.39. The lowest BCUT2D eigenvalue weighted by Crippen LogP contribution is -1.94. The van der Waals surface area contributed by atoms with Crippen LogP contribution >= 0.6 is 27.7 Å². The van der Waals surface area contributed by atoms with Gasteiger partial charge in [0.25, 0.3) is 0 Å². The zero-order valence-corrected chi connectivity index (χ0v) is 9.20. The molecule has 0 amide bonds. The Kier molecular flexibility index (Phi) is 2.76. The first-order valence-corrected chi connectivity index (χ1v) is 6.14. The highest BCUT2D eigenvalue weighted by atomic mass is 79.9. The van der Waals surface area contributed by atoms with Gasteiger partial charge < -0.3 is 0 Å². The summed E-state index contributed by atoms with van der Waals surface area (Å²) in [7, 11) is 0. The van der Waals surface area contributed by atoms with E-state index in [0.717, 1.165) is 5.92 Å². The van der Waals surface area contributed by atoms with Gasteiger partial charge in [-0.15, -0.1) is 0 Å². The van der Waals surface area contributed by atoms with Gasteiger partial charge in [-0.05, 0) is 35.8 Å². The lowest BCUT2D eigenvalue weighted by molar-refractivity contribution is 0.782. The second-order valence-corrected chi connectivity index (χ2v) is 5.18. The third kappa shape index (κ3) is 1.86. The predicted molar refractivity (Wildman–Crippen MR) is 58.8 cm³/mol. The molecular weight excluding hydrogens is 232 g/mol. The second kappa shape index (κ2) is 3.84. The van der Waals surface area contributed by atoms with E-state index in [-0.39, 0.29) is 0 Å². The molecule has 1 heterocycles. The maximum atomic E-state index is 3.45. The third-order valence-corrected chi connectivity index (χ3v) is 3.96. The summed E-state index contributed by atoms with van der Waals surface area (Å²) in [6.07, 6.45) is 1.35. The van der Waals surface area contributed by atoms with Crippen LogP contribution in [0.5, 0.6) is 0 Å². The normalized spacial score (nSPS) is 22.9. The Hall–Kier alpha value is 0.0500. The minimum absolute atomic E-state index is 0.808. The molecule has 2 heteroatoms. The lowest BCUT2D eigenvalue weighted by Gasteiger charge is -2.07. The third-order valence-electron chi connectivity index (χ3n) is 2.27. The van der Waals surface area contributed by atoms with Crippen molar-refractivity contribution < 1.29 is 0 Å². The van der Waals surface area contributed by atoms with E-state index in [4.69, 9.17) is 0 Å². The molecule has 1 atom stereocenters. The van der Waals surface area contributed by atoms with Crippen LogP contribution < -0.4 is 0 Å². The Morgan fingerprint density at radius 2 is 2.00 bits per heavy atom. The van der Waals surface area contributed by atoms with E-state index in [1.165, 1.54) is 28.0 Å². The molecule has 0 aromatic heterocycles. The molecule has 0 N–H and O–H groups in total. The summed E-state index contributed by atoms with van der Waals surface area (Å²) in [6, 6.07) is 8.75. The number of thioether (sulfide) groups is 1. The summed E-state index contributed by atoms with van der Waals surface area (Å²) >= 11 is 5.52. The molecule has 0 aliphatic carbocycles. The summed E-state index contributed by atoms with van der Waals surface area (Å²) in [5.41, 5.74) is 1.50. The number of hydrogen-bond acceptors (Lipinski definition) is 1. The summed E-state index contributed by atoms with van der Waals surface area (Å²) < 4.78 is 1.18. The topological polar surface area (TPSA) is 0 Å². The van der Waals surface area contributed by atoms with E-state index in [0.29, 0.717) is 0 Å². The summed E-state index contributed by atoms with van der Waals surface area (Å²) in [6.45, 7) is 0. The van der Waals surface area contributed by atoms with Gasteiger partial charge in [-0.25, -0.2) is 0 Å². The molecule has 64 valence electrons. The highest BCUT2D eigenvalue weighted by Gasteiger charge is 2.16. The number of benzene rings is 1. The number of hydrogen-bond donors (Lipinski definition) is 0. The average molecular weight is 243 g/mol. The molecule has 2 rings (SSSR count). The summed E-state index contributed by atoms with van der Waals surface area (Å²) in [5.74, 6) is 3.45. The molecule has 1 aromatic rings. The van der Waals surface area contributed by atoms with Gasteiger partial charge in [0.1, 0.15) is 0 Å². The summed E-state index contributed by atoms with van der Waals surface area (Å²) in [4.78, 5) is 0. The van der Waals surface area contributed by atoms with Gasteiger partial charge in [0.2, 0.25) is 0 Å². The summed E-state index contributed by atoms with van der Waals surface area (Å²) in [5, 5.41) is 0. The molecule has 1 unspecified atom stereocenters. The minimum Gasteiger partial charge on any atom is -0.161 e. The fourth-order valence-electron chi connectivity index (χ4n) is 1.53. The maximum absolute atomic E-state index is 3.45. The van der Waals surface area contributed by atoms with Crippen LogP contribution in [-0.2, 0) is 0 Å². The van der Waals surface area contributed by atoms with Gasteiger partial charge in [-0.2, -0.15) is 11.8 Å². The Morgan fingerprint density at radius 1 is 1.25 bits per heavy atom. The van der Waals surface area contributed by atoms with Gasteiger partial charge in [0, 0.05) is 10.2 Å². The highest BCUT2D eigenvalue weighted by molar-refractivity contribution is 9.10. The van der Waals surface area contributed by atoms with Crippen molar-refractivity contribution >= 4 is 27.7 Å². The molecule has 0 radical (unpaired) electrons. The fourth-order valence-corrected chi connectivity index (χ4v) is 3.06. The van der Waals surface area contributed by atoms with Crippen molar-refractivity contribution in [3.63, 3.8) is 0 Å². The first-order chi connectivity index (χ1) is 5.86. The molecule has 0 spiro atoms. The quantitative estimate of drug-likeness (QED) is 0.725.